The summed E-state index contributed by atoms with van der Waals surface area (Å²) >= 11 is 0. The Hall–Kier alpha value is -1.46. The average molecular weight is 302 g/mol. The van der Waals surface area contributed by atoms with Crippen LogP contribution in [0.4, 0.5) is 0 Å². The van der Waals surface area contributed by atoms with E-state index < -0.39 is 0 Å². The Labute approximate surface area is 132 Å². The van der Waals surface area contributed by atoms with E-state index in [0.717, 1.165) is 30.0 Å². The van der Waals surface area contributed by atoms with E-state index in [4.69, 9.17) is 9.72 Å². The number of hydrogen-bond acceptors (Lipinski definition) is 4. The quantitative estimate of drug-likeness (QED) is 0.822. The molecule has 5 nitrogen and oxygen atoms in total. The van der Waals surface area contributed by atoms with E-state index in [9.17, 15) is 0 Å². The van der Waals surface area contributed by atoms with Gasteiger partial charge in [0.1, 0.15) is 11.3 Å². The molecule has 0 aliphatic carbocycles. The molecule has 5 heteroatoms. The third-order valence-electron chi connectivity index (χ3n) is 4.61. The fraction of sp³-hybridized carbons (Fsp3) is 0.647. The largest absolute Gasteiger partial charge is 0.383 e. The van der Waals surface area contributed by atoms with Gasteiger partial charge < -0.3 is 9.30 Å². The van der Waals surface area contributed by atoms with E-state index >= 15 is 0 Å². The topological polar surface area (TPSA) is 43.2 Å². The number of fused-ring (bicyclic) bond motifs is 1. The summed E-state index contributed by atoms with van der Waals surface area (Å²) in [5.74, 6) is 1.14. The smallest absolute Gasteiger partial charge is 0.160 e. The summed E-state index contributed by atoms with van der Waals surface area (Å²) < 4.78 is 7.49. The zero-order valence-corrected chi connectivity index (χ0v) is 13.8. The second-order valence-electron chi connectivity index (χ2n) is 6.35. The van der Waals surface area contributed by atoms with Gasteiger partial charge in [0.05, 0.1) is 6.61 Å². The molecule has 3 rings (SSSR count). The lowest BCUT2D eigenvalue weighted by Crippen LogP contribution is -2.37. The van der Waals surface area contributed by atoms with Crippen LogP contribution in [-0.4, -0.2) is 51.8 Å². The lowest BCUT2D eigenvalue weighted by Gasteiger charge is -2.28. The van der Waals surface area contributed by atoms with Crippen molar-refractivity contribution in [3.8, 4) is 0 Å². The Morgan fingerprint density at radius 3 is 3.05 bits per heavy atom. The summed E-state index contributed by atoms with van der Waals surface area (Å²) in [6.45, 7) is 7.28. The SMILES string of the molecule is COCCn1c(CC2CCCN2C(C)C)nc2cccnc21. The van der Waals surface area contributed by atoms with Crippen molar-refractivity contribution in [2.45, 2.75) is 51.7 Å². The van der Waals surface area contributed by atoms with Gasteiger partial charge in [0.15, 0.2) is 5.65 Å². The Morgan fingerprint density at radius 1 is 1.41 bits per heavy atom. The van der Waals surface area contributed by atoms with E-state index in [2.05, 4.69) is 28.3 Å². The molecule has 3 heterocycles. The number of imidazole rings is 1. The number of likely N-dealkylation sites (tertiary alicyclic amines) is 1. The van der Waals surface area contributed by atoms with Crippen molar-refractivity contribution in [3.05, 3.63) is 24.2 Å². The molecule has 22 heavy (non-hydrogen) atoms. The van der Waals surface area contributed by atoms with Crippen molar-refractivity contribution in [2.24, 2.45) is 0 Å². The maximum atomic E-state index is 5.26. The number of aromatic nitrogens is 3. The highest BCUT2D eigenvalue weighted by Gasteiger charge is 2.28. The van der Waals surface area contributed by atoms with Crippen LogP contribution in [0.25, 0.3) is 11.2 Å². The van der Waals surface area contributed by atoms with Crippen LogP contribution >= 0.6 is 0 Å². The first-order chi connectivity index (χ1) is 10.7. The van der Waals surface area contributed by atoms with Crippen molar-refractivity contribution in [2.75, 3.05) is 20.3 Å². The predicted molar refractivity (Wildman–Crippen MR) is 88.0 cm³/mol. The van der Waals surface area contributed by atoms with Crippen LogP contribution in [0.3, 0.4) is 0 Å². The molecule has 120 valence electrons. The van der Waals surface area contributed by atoms with Gasteiger partial charge in [-0.3, -0.25) is 4.90 Å². The Kier molecular flexibility index (Phi) is 4.74. The van der Waals surface area contributed by atoms with Crippen molar-refractivity contribution < 1.29 is 4.74 Å². The number of rotatable bonds is 6. The van der Waals surface area contributed by atoms with Crippen LogP contribution < -0.4 is 0 Å². The number of hydrogen-bond donors (Lipinski definition) is 0. The maximum absolute atomic E-state index is 5.26. The fourth-order valence-electron chi connectivity index (χ4n) is 3.55. The summed E-state index contributed by atoms with van der Waals surface area (Å²) in [4.78, 5) is 12.0. The molecule has 0 N–H and O–H groups in total. The first kappa shape index (κ1) is 15.4. The molecular formula is C17H26N4O. The molecule has 0 spiro atoms. The highest BCUT2D eigenvalue weighted by Crippen LogP contribution is 2.24. The van der Waals surface area contributed by atoms with Crippen LogP contribution in [0.1, 0.15) is 32.5 Å². The third kappa shape index (κ3) is 3.01. The van der Waals surface area contributed by atoms with E-state index in [1.165, 1.54) is 19.4 Å². The van der Waals surface area contributed by atoms with Crippen molar-refractivity contribution in [3.63, 3.8) is 0 Å². The van der Waals surface area contributed by atoms with Gasteiger partial charge in [0.2, 0.25) is 0 Å². The monoisotopic (exact) mass is 302 g/mol. The second-order valence-corrected chi connectivity index (χ2v) is 6.35. The molecule has 1 atom stereocenters. The van der Waals surface area contributed by atoms with Gasteiger partial charge >= 0.3 is 0 Å². The fourth-order valence-corrected chi connectivity index (χ4v) is 3.55. The van der Waals surface area contributed by atoms with Crippen LogP contribution in [0, 0.1) is 0 Å². The van der Waals surface area contributed by atoms with Crippen LogP contribution in [0.15, 0.2) is 18.3 Å². The Morgan fingerprint density at radius 2 is 2.27 bits per heavy atom. The van der Waals surface area contributed by atoms with Crippen LogP contribution in [0.2, 0.25) is 0 Å². The minimum Gasteiger partial charge on any atom is -0.383 e. The highest BCUT2D eigenvalue weighted by molar-refractivity contribution is 5.71. The maximum Gasteiger partial charge on any atom is 0.160 e. The number of nitrogens with zero attached hydrogens (tertiary/aromatic N) is 4. The predicted octanol–water partition coefficient (Wildman–Crippen LogP) is 2.49. The summed E-state index contributed by atoms with van der Waals surface area (Å²) in [6.07, 6.45) is 5.39. The molecule has 0 saturated carbocycles. The number of ether oxygens (including phenoxy) is 1. The molecule has 1 fully saturated rings. The zero-order valence-electron chi connectivity index (χ0n) is 13.8. The number of methoxy groups -OCH3 is 1. The van der Waals surface area contributed by atoms with E-state index in [1.807, 2.05) is 18.3 Å². The van der Waals surface area contributed by atoms with Crippen molar-refractivity contribution >= 4 is 11.2 Å². The first-order valence-corrected chi connectivity index (χ1v) is 8.25. The Bertz CT molecular complexity index is 622. The lowest BCUT2D eigenvalue weighted by atomic mass is 10.1. The van der Waals surface area contributed by atoms with Gasteiger partial charge in [-0.25, -0.2) is 9.97 Å². The minimum atomic E-state index is 0.595. The normalized spacial score (nSPS) is 19.5. The van der Waals surface area contributed by atoms with E-state index in [1.54, 1.807) is 7.11 Å². The summed E-state index contributed by atoms with van der Waals surface area (Å²) in [6, 6.07) is 5.19. The molecule has 2 aromatic rings. The number of pyridine rings is 1. The van der Waals surface area contributed by atoms with E-state index in [0.29, 0.717) is 18.7 Å². The molecule has 1 saturated heterocycles. The zero-order chi connectivity index (χ0) is 15.5. The molecule has 0 radical (unpaired) electrons. The average Bonchev–Trinajstić information content (AvgIpc) is 3.10. The van der Waals surface area contributed by atoms with Crippen LogP contribution in [0.5, 0.6) is 0 Å². The van der Waals surface area contributed by atoms with Crippen molar-refractivity contribution in [1.82, 2.24) is 19.4 Å². The third-order valence-corrected chi connectivity index (χ3v) is 4.61. The van der Waals surface area contributed by atoms with Gasteiger partial charge in [-0.2, -0.15) is 0 Å². The van der Waals surface area contributed by atoms with Gasteiger partial charge in [-0.05, 0) is 45.4 Å². The summed E-state index contributed by atoms with van der Waals surface area (Å²) in [5.41, 5.74) is 1.96. The molecule has 2 aromatic heterocycles. The van der Waals surface area contributed by atoms with Crippen molar-refractivity contribution in [1.29, 1.82) is 0 Å². The molecule has 0 aromatic carbocycles. The minimum absolute atomic E-state index is 0.595. The standard InChI is InChI=1S/C17H26N4O/c1-13(2)20-9-5-6-14(20)12-16-19-15-7-4-8-18-17(15)21(16)10-11-22-3/h4,7-8,13-14H,5-6,9-12H2,1-3H3. The lowest BCUT2D eigenvalue weighted by molar-refractivity contribution is 0.183. The van der Waals surface area contributed by atoms with Gasteiger partial charge in [-0.15, -0.1) is 0 Å². The molecule has 1 aliphatic heterocycles. The molecular weight excluding hydrogens is 276 g/mol. The van der Waals surface area contributed by atoms with Gasteiger partial charge in [0.25, 0.3) is 0 Å². The molecule has 1 aliphatic rings. The van der Waals surface area contributed by atoms with Crippen LogP contribution in [-0.2, 0) is 17.7 Å². The molecule has 0 amide bonds. The summed E-state index contributed by atoms with van der Waals surface area (Å²) in [5, 5.41) is 0. The molecule has 1 unspecified atom stereocenters. The highest BCUT2D eigenvalue weighted by atomic mass is 16.5. The molecule has 0 bridgehead atoms. The Balaban J connectivity index is 1.88. The second kappa shape index (κ2) is 6.75. The first-order valence-electron chi connectivity index (χ1n) is 8.25. The van der Waals surface area contributed by atoms with E-state index in [-0.39, 0.29) is 0 Å². The van der Waals surface area contributed by atoms with Gasteiger partial charge in [0, 0.05) is 38.4 Å². The van der Waals surface area contributed by atoms with Gasteiger partial charge in [-0.1, -0.05) is 0 Å². The summed E-state index contributed by atoms with van der Waals surface area (Å²) in [7, 11) is 1.74.